The molecule has 0 heterocycles. The van der Waals surface area contributed by atoms with Gasteiger partial charge in [-0.1, -0.05) is 70.5 Å². The lowest BCUT2D eigenvalue weighted by Crippen LogP contribution is -2.27. The van der Waals surface area contributed by atoms with Crippen LogP contribution in [0.5, 0.6) is 0 Å². The third kappa shape index (κ3) is 4.93. The van der Waals surface area contributed by atoms with E-state index >= 15 is 0 Å². The molecule has 2 aromatic rings. The predicted octanol–water partition coefficient (Wildman–Crippen LogP) is 4.03. The number of benzene rings is 2. The van der Waals surface area contributed by atoms with Crippen LogP contribution in [0, 0.1) is 0 Å². The fraction of sp³-hybridized carbons (Fsp3) is 0.222. The van der Waals surface area contributed by atoms with Gasteiger partial charge in [0, 0.05) is 19.2 Å². The van der Waals surface area contributed by atoms with E-state index < -0.39 is 6.09 Å². The number of carbonyl (C=O) groups excluding carboxylic acids is 2. The zero-order valence-electron chi connectivity index (χ0n) is 12.9. The number of carbonyl (C=O) groups is 2. The van der Waals surface area contributed by atoms with Gasteiger partial charge in [-0.15, -0.1) is 0 Å². The summed E-state index contributed by atoms with van der Waals surface area (Å²) in [6.07, 6.45) is -0.421. The summed E-state index contributed by atoms with van der Waals surface area (Å²) in [6.45, 7) is 0.550. The normalized spacial score (nSPS) is 10.2. The highest BCUT2D eigenvalue weighted by Crippen LogP contribution is 2.14. The van der Waals surface area contributed by atoms with E-state index in [-0.39, 0.29) is 17.7 Å². The number of halogens is 1. The second-order valence-corrected chi connectivity index (χ2v) is 5.67. The zero-order chi connectivity index (χ0) is 16.7. The first-order chi connectivity index (χ1) is 11.1. The standard InChI is InChI=1S/C18H18BrNO3/c1-20(18(22)23-13-14-7-3-2-4-8-14)12-15-9-5-6-10-16(15)17(21)11-19/h2-10H,11-13H2,1H3. The van der Waals surface area contributed by atoms with Crippen molar-refractivity contribution >= 4 is 27.8 Å². The lowest BCUT2D eigenvalue weighted by molar-refractivity contribution is 0.0993. The molecule has 0 saturated carbocycles. The molecule has 5 heteroatoms. The molecule has 1 amide bonds. The van der Waals surface area contributed by atoms with Crippen LogP contribution >= 0.6 is 15.9 Å². The Labute approximate surface area is 144 Å². The number of ketones is 1. The molecule has 0 N–H and O–H groups in total. The number of rotatable bonds is 6. The number of amides is 1. The Morgan fingerprint density at radius 2 is 1.70 bits per heavy atom. The van der Waals surface area contributed by atoms with Gasteiger partial charge in [-0.2, -0.15) is 0 Å². The van der Waals surface area contributed by atoms with Gasteiger partial charge in [-0.05, 0) is 11.1 Å². The lowest BCUT2D eigenvalue weighted by Gasteiger charge is -2.18. The first-order valence-electron chi connectivity index (χ1n) is 7.20. The summed E-state index contributed by atoms with van der Waals surface area (Å²) in [7, 11) is 1.66. The molecule has 120 valence electrons. The van der Waals surface area contributed by atoms with Crippen molar-refractivity contribution in [2.45, 2.75) is 13.2 Å². The molecule has 2 rings (SSSR count). The van der Waals surface area contributed by atoms with Gasteiger partial charge in [0.05, 0.1) is 5.33 Å². The van der Waals surface area contributed by atoms with Crippen molar-refractivity contribution in [2.75, 3.05) is 12.4 Å². The predicted molar refractivity (Wildman–Crippen MR) is 92.7 cm³/mol. The minimum Gasteiger partial charge on any atom is -0.445 e. The Morgan fingerprint density at radius 1 is 1.04 bits per heavy atom. The number of Topliss-reactive ketones (excluding diaryl/α,β-unsaturated/α-hetero) is 1. The van der Waals surface area contributed by atoms with E-state index in [4.69, 9.17) is 4.74 Å². The molecule has 0 aromatic heterocycles. The highest BCUT2D eigenvalue weighted by Gasteiger charge is 2.15. The average Bonchev–Trinajstić information content (AvgIpc) is 2.60. The summed E-state index contributed by atoms with van der Waals surface area (Å²) in [6, 6.07) is 16.8. The smallest absolute Gasteiger partial charge is 0.410 e. The van der Waals surface area contributed by atoms with Crippen molar-refractivity contribution in [1.82, 2.24) is 4.90 Å². The topological polar surface area (TPSA) is 46.6 Å². The maximum absolute atomic E-state index is 12.1. The zero-order valence-corrected chi connectivity index (χ0v) is 14.5. The largest absolute Gasteiger partial charge is 0.445 e. The van der Waals surface area contributed by atoms with Gasteiger partial charge >= 0.3 is 6.09 Å². The minimum atomic E-state index is -0.421. The average molecular weight is 376 g/mol. The number of alkyl halides is 1. The van der Waals surface area contributed by atoms with E-state index in [1.807, 2.05) is 48.5 Å². The fourth-order valence-electron chi connectivity index (χ4n) is 2.15. The maximum atomic E-state index is 12.1. The van der Waals surface area contributed by atoms with E-state index in [0.717, 1.165) is 11.1 Å². The molecule has 0 bridgehead atoms. The fourth-order valence-corrected chi connectivity index (χ4v) is 2.45. The van der Waals surface area contributed by atoms with E-state index in [2.05, 4.69) is 15.9 Å². The Balaban J connectivity index is 1.97. The van der Waals surface area contributed by atoms with Gasteiger partial charge in [0.25, 0.3) is 0 Å². The van der Waals surface area contributed by atoms with Crippen molar-refractivity contribution in [3.05, 3.63) is 71.3 Å². The monoisotopic (exact) mass is 375 g/mol. The molecule has 0 spiro atoms. The van der Waals surface area contributed by atoms with Gasteiger partial charge in [-0.3, -0.25) is 4.79 Å². The van der Waals surface area contributed by atoms with Gasteiger partial charge in [0.1, 0.15) is 6.61 Å². The minimum absolute atomic E-state index is 0.00773. The van der Waals surface area contributed by atoms with Gasteiger partial charge in [-0.25, -0.2) is 4.79 Å². The van der Waals surface area contributed by atoms with E-state index in [0.29, 0.717) is 12.1 Å². The summed E-state index contributed by atoms with van der Waals surface area (Å²) in [5.74, 6) is -0.00773. The van der Waals surface area contributed by atoms with Crippen LogP contribution in [-0.4, -0.2) is 29.2 Å². The molecular weight excluding hydrogens is 358 g/mol. The van der Waals surface area contributed by atoms with Crippen LogP contribution in [0.15, 0.2) is 54.6 Å². The molecule has 0 aliphatic carbocycles. The molecule has 0 radical (unpaired) electrons. The van der Waals surface area contributed by atoms with Gasteiger partial charge in [0.15, 0.2) is 5.78 Å². The Hall–Kier alpha value is -2.14. The van der Waals surface area contributed by atoms with Crippen LogP contribution in [0.25, 0.3) is 0 Å². The molecule has 23 heavy (non-hydrogen) atoms. The van der Waals surface area contributed by atoms with Crippen molar-refractivity contribution in [3.63, 3.8) is 0 Å². The van der Waals surface area contributed by atoms with Gasteiger partial charge in [0.2, 0.25) is 0 Å². The molecule has 0 unspecified atom stereocenters. The number of hydrogen-bond acceptors (Lipinski definition) is 3. The quantitative estimate of drug-likeness (QED) is 0.565. The lowest BCUT2D eigenvalue weighted by atomic mass is 10.0. The number of nitrogens with zero attached hydrogens (tertiary/aromatic N) is 1. The second-order valence-electron chi connectivity index (χ2n) is 5.11. The van der Waals surface area contributed by atoms with Crippen molar-refractivity contribution < 1.29 is 14.3 Å². The first kappa shape index (κ1) is 17.2. The summed E-state index contributed by atoms with van der Waals surface area (Å²) in [5, 5.41) is 0.256. The number of ether oxygens (including phenoxy) is 1. The van der Waals surface area contributed by atoms with E-state index in [1.165, 1.54) is 4.90 Å². The highest BCUT2D eigenvalue weighted by molar-refractivity contribution is 9.09. The SMILES string of the molecule is CN(Cc1ccccc1C(=O)CBr)C(=O)OCc1ccccc1. The molecule has 0 fully saturated rings. The summed E-state index contributed by atoms with van der Waals surface area (Å²) < 4.78 is 5.28. The second kappa shape index (κ2) is 8.48. The van der Waals surface area contributed by atoms with Crippen LogP contribution in [-0.2, 0) is 17.9 Å². The molecule has 0 aliphatic heterocycles. The molecule has 0 saturated heterocycles. The molecule has 2 aromatic carbocycles. The maximum Gasteiger partial charge on any atom is 0.410 e. The molecular formula is C18H18BrNO3. The van der Waals surface area contributed by atoms with Crippen LogP contribution in [0.3, 0.4) is 0 Å². The van der Waals surface area contributed by atoms with Crippen molar-refractivity contribution in [3.8, 4) is 0 Å². The Bertz CT molecular complexity index is 673. The third-order valence-corrected chi connectivity index (χ3v) is 3.87. The summed E-state index contributed by atoms with van der Waals surface area (Å²) in [4.78, 5) is 25.5. The van der Waals surface area contributed by atoms with Crippen LogP contribution < -0.4 is 0 Å². The van der Waals surface area contributed by atoms with Crippen molar-refractivity contribution in [2.24, 2.45) is 0 Å². The molecule has 0 atom stereocenters. The summed E-state index contributed by atoms with van der Waals surface area (Å²) >= 11 is 3.18. The number of hydrogen-bond donors (Lipinski definition) is 0. The van der Waals surface area contributed by atoms with Crippen molar-refractivity contribution in [1.29, 1.82) is 0 Å². The summed E-state index contributed by atoms with van der Waals surface area (Å²) in [5.41, 5.74) is 2.35. The first-order valence-corrected chi connectivity index (χ1v) is 8.33. The highest BCUT2D eigenvalue weighted by atomic mass is 79.9. The van der Waals surface area contributed by atoms with Crippen LogP contribution in [0.2, 0.25) is 0 Å². The third-order valence-electron chi connectivity index (χ3n) is 3.36. The van der Waals surface area contributed by atoms with Crippen LogP contribution in [0.1, 0.15) is 21.5 Å². The van der Waals surface area contributed by atoms with E-state index in [9.17, 15) is 9.59 Å². The van der Waals surface area contributed by atoms with E-state index in [1.54, 1.807) is 13.1 Å². The molecule has 0 aliphatic rings. The molecule has 4 nitrogen and oxygen atoms in total. The Kier molecular flexibility index (Phi) is 6.35. The van der Waals surface area contributed by atoms with Crippen LogP contribution in [0.4, 0.5) is 4.79 Å². The Morgan fingerprint density at radius 3 is 2.39 bits per heavy atom. The van der Waals surface area contributed by atoms with Gasteiger partial charge < -0.3 is 9.64 Å².